The van der Waals surface area contributed by atoms with E-state index in [4.69, 9.17) is 16.3 Å². The Hall–Kier alpha value is -1.59. The fourth-order valence-electron chi connectivity index (χ4n) is 2.69. The van der Waals surface area contributed by atoms with Crippen LogP contribution in [0.5, 0.6) is 5.75 Å². The molecule has 1 aromatic carbocycles. The van der Waals surface area contributed by atoms with Crippen LogP contribution in [0.25, 0.3) is 0 Å². The van der Waals surface area contributed by atoms with Crippen molar-refractivity contribution < 1.29 is 9.53 Å². The first-order valence-electron chi connectivity index (χ1n) is 7.80. The Labute approximate surface area is 144 Å². The first-order chi connectivity index (χ1) is 11.2. The summed E-state index contributed by atoms with van der Waals surface area (Å²) < 4.78 is 5.66. The van der Waals surface area contributed by atoms with E-state index >= 15 is 0 Å². The zero-order valence-corrected chi connectivity index (χ0v) is 14.3. The lowest BCUT2D eigenvalue weighted by Gasteiger charge is -2.10. The van der Waals surface area contributed by atoms with Gasteiger partial charge in [0.2, 0.25) is 5.91 Å². The number of aromatic nitrogens is 1. The van der Waals surface area contributed by atoms with Crippen molar-refractivity contribution >= 4 is 28.8 Å². The Balaban J connectivity index is 1.47. The number of benzene rings is 1. The van der Waals surface area contributed by atoms with Crippen LogP contribution in [0.4, 0.5) is 0 Å². The highest BCUT2D eigenvalue weighted by atomic mass is 35.5. The molecule has 1 fully saturated rings. The molecule has 4 nitrogen and oxygen atoms in total. The molecule has 1 aliphatic rings. The number of carbonyl (C=O) groups is 1. The molecule has 1 aliphatic carbocycles. The van der Waals surface area contributed by atoms with Gasteiger partial charge in [0, 0.05) is 16.4 Å². The van der Waals surface area contributed by atoms with Crippen LogP contribution < -0.4 is 10.1 Å². The van der Waals surface area contributed by atoms with E-state index in [-0.39, 0.29) is 5.91 Å². The molecule has 1 N–H and O–H groups in total. The van der Waals surface area contributed by atoms with Crippen molar-refractivity contribution in [2.75, 3.05) is 0 Å². The van der Waals surface area contributed by atoms with E-state index < -0.39 is 0 Å². The predicted molar refractivity (Wildman–Crippen MR) is 92.0 cm³/mol. The maximum atomic E-state index is 12.0. The second-order valence-electron chi connectivity index (χ2n) is 5.70. The molecule has 3 rings (SSSR count). The number of nitrogens with one attached hydrogen (secondary N) is 1. The highest BCUT2D eigenvalue weighted by Gasteiger charge is 2.17. The second-order valence-corrected chi connectivity index (χ2v) is 7.08. The van der Waals surface area contributed by atoms with Crippen molar-refractivity contribution in [3.63, 3.8) is 0 Å². The molecule has 122 valence electrons. The number of rotatable bonds is 6. The number of nitrogens with zero attached hydrogens (tertiary/aromatic N) is 1. The number of hydrogen-bond acceptors (Lipinski definition) is 4. The summed E-state index contributed by atoms with van der Waals surface area (Å²) >= 11 is 7.35. The van der Waals surface area contributed by atoms with Crippen molar-refractivity contribution in [2.24, 2.45) is 0 Å². The molecule has 1 amide bonds. The average molecular weight is 351 g/mol. The summed E-state index contributed by atoms with van der Waals surface area (Å²) in [6, 6.07) is 7.58. The number of thiazole rings is 1. The van der Waals surface area contributed by atoms with Gasteiger partial charge in [-0.1, -0.05) is 24.4 Å². The Morgan fingerprint density at radius 3 is 2.78 bits per heavy atom. The average Bonchev–Trinajstić information content (AvgIpc) is 3.19. The quantitative estimate of drug-likeness (QED) is 0.857. The third-order valence-corrected chi connectivity index (χ3v) is 4.96. The molecule has 0 radical (unpaired) electrons. The normalized spacial score (nSPS) is 14.8. The van der Waals surface area contributed by atoms with Crippen molar-refractivity contribution in [2.45, 2.75) is 44.8 Å². The number of carbonyl (C=O) groups excluding carboxylic acids is 1. The Bertz CT molecular complexity index is 651. The summed E-state index contributed by atoms with van der Waals surface area (Å²) in [5.74, 6) is 0.817. The van der Waals surface area contributed by atoms with Gasteiger partial charge in [-0.25, -0.2) is 4.98 Å². The third kappa shape index (κ3) is 4.94. The summed E-state index contributed by atoms with van der Waals surface area (Å²) in [4.78, 5) is 16.5. The number of amides is 1. The highest BCUT2D eigenvalue weighted by molar-refractivity contribution is 7.09. The summed E-state index contributed by atoms with van der Waals surface area (Å²) in [7, 11) is 0. The molecular weight excluding hydrogens is 332 g/mol. The Kier molecular flexibility index (Phi) is 5.51. The van der Waals surface area contributed by atoms with Gasteiger partial charge in [-0.05, 0) is 37.1 Å². The smallest absolute Gasteiger partial charge is 0.226 e. The zero-order valence-electron chi connectivity index (χ0n) is 12.8. The fraction of sp³-hybridized carbons (Fsp3) is 0.412. The highest BCUT2D eigenvalue weighted by Crippen LogP contribution is 2.19. The van der Waals surface area contributed by atoms with Crippen molar-refractivity contribution in [3.05, 3.63) is 45.4 Å². The molecule has 0 spiro atoms. The van der Waals surface area contributed by atoms with E-state index in [9.17, 15) is 4.79 Å². The maximum absolute atomic E-state index is 12.0. The Morgan fingerprint density at radius 1 is 1.30 bits per heavy atom. The van der Waals surface area contributed by atoms with Gasteiger partial charge < -0.3 is 10.1 Å². The molecule has 0 saturated heterocycles. The second kappa shape index (κ2) is 7.79. The van der Waals surface area contributed by atoms with Crippen LogP contribution in [-0.2, 0) is 17.8 Å². The van der Waals surface area contributed by atoms with Crippen LogP contribution in [0.3, 0.4) is 0 Å². The van der Waals surface area contributed by atoms with Gasteiger partial charge in [-0.3, -0.25) is 4.79 Å². The first kappa shape index (κ1) is 16.3. The minimum atomic E-state index is 0.0624. The monoisotopic (exact) mass is 350 g/mol. The van der Waals surface area contributed by atoms with Crippen molar-refractivity contribution in [1.82, 2.24) is 10.3 Å². The number of hydrogen-bond donors (Lipinski definition) is 1. The molecule has 2 aromatic rings. The van der Waals surface area contributed by atoms with E-state index in [2.05, 4.69) is 10.3 Å². The van der Waals surface area contributed by atoms with Crippen LogP contribution in [0, 0.1) is 0 Å². The molecule has 1 heterocycles. The van der Waals surface area contributed by atoms with Crippen LogP contribution in [-0.4, -0.2) is 16.9 Å². The molecule has 0 bridgehead atoms. The largest absolute Gasteiger partial charge is 0.486 e. The molecular formula is C17H19ClN2O2S. The van der Waals surface area contributed by atoms with Gasteiger partial charge in [0.1, 0.15) is 17.4 Å². The van der Waals surface area contributed by atoms with E-state index in [1.807, 2.05) is 17.5 Å². The number of halogens is 1. The lowest BCUT2D eigenvalue weighted by molar-refractivity contribution is -0.121. The van der Waals surface area contributed by atoms with Crippen LogP contribution in [0.1, 0.15) is 36.4 Å². The third-order valence-electron chi connectivity index (χ3n) is 3.84. The van der Waals surface area contributed by atoms with E-state index in [1.165, 1.54) is 24.2 Å². The molecule has 0 aliphatic heterocycles. The first-order valence-corrected chi connectivity index (χ1v) is 9.06. The van der Waals surface area contributed by atoms with Crippen LogP contribution >= 0.6 is 22.9 Å². The predicted octanol–water partition coefficient (Wildman–Crippen LogP) is 3.98. The molecule has 0 unspecified atom stereocenters. The standard InChI is InChI=1S/C17H19ClN2O2S/c18-12-5-7-15(8-6-12)22-10-17-20-14(11-23-17)9-16(21)19-13-3-1-2-4-13/h5-8,11,13H,1-4,9-10H2,(H,19,21). The molecule has 23 heavy (non-hydrogen) atoms. The fourth-order valence-corrected chi connectivity index (χ4v) is 3.52. The van der Waals surface area contributed by atoms with Crippen molar-refractivity contribution in [3.8, 4) is 5.75 Å². The van der Waals surface area contributed by atoms with Crippen LogP contribution in [0.2, 0.25) is 5.02 Å². The molecule has 6 heteroatoms. The summed E-state index contributed by atoms with van der Waals surface area (Å²) in [6.07, 6.45) is 4.97. The summed E-state index contributed by atoms with van der Waals surface area (Å²) in [5.41, 5.74) is 0.806. The van der Waals surface area contributed by atoms with Gasteiger partial charge in [0.25, 0.3) is 0 Å². The van der Waals surface area contributed by atoms with Gasteiger partial charge >= 0.3 is 0 Å². The van der Waals surface area contributed by atoms with Gasteiger partial charge in [-0.15, -0.1) is 11.3 Å². The van der Waals surface area contributed by atoms with E-state index in [1.54, 1.807) is 12.1 Å². The zero-order chi connectivity index (χ0) is 16.1. The molecule has 0 atom stereocenters. The maximum Gasteiger partial charge on any atom is 0.226 e. The molecule has 1 aromatic heterocycles. The van der Waals surface area contributed by atoms with Gasteiger partial charge in [0.05, 0.1) is 12.1 Å². The topological polar surface area (TPSA) is 51.2 Å². The lowest BCUT2D eigenvalue weighted by atomic mass is 10.2. The van der Waals surface area contributed by atoms with E-state index in [0.29, 0.717) is 24.1 Å². The van der Waals surface area contributed by atoms with Gasteiger partial charge in [-0.2, -0.15) is 0 Å². The SMILES string of the molecule is O=C(Cc1csc(COc2ccc(Cl)cc2)n1)NC1CCCC1. The van der Waals surface area contributed by atoms with Crippen molar-refractivity contribution in [1.29, 1.82) is 0 Å². The Morgan fingerprint density at radius 2 is 2.04 bits per heavy atom. The van der Waals surface area contributed by atoms with Gasteiger partial charge in [0.15, 0.2) is 0 Å². The number of ether oxygens (including phenoxy) is 1. The lowest BCUT2D eigenvalue weighted by Crippen LogP contribution is -2.33. The minimum Gasteiger partial charge on any atom is -0.486 e. The van der Waals surface area contributed by atoms with Crippen LogP contribution in [0.15, 0.2) is 29.6 Å². The summed E-state index contributed by atoms with van der Waals surface area (Å²) in [5, 5.41) is 6.55. The summed E-state index contributed by atoms with van der Waals surface area (Å²) in [6.45, 7) is 0.399. The van der Waals surface area contributed by atoms with E-state index in [0.717, 1.165) is 29.3 Å². The molecule has 1 saturated carbocycles. The minimum absolute atomic E-state index is 0.0624.